The molecule has 5 rings (SSSR count). The van der Waals surface area contributed by atoms with E-state index in [1.807, 2.05) is 11.7 Å². The summed E-state index contributed by atoms with van der Waals surface area (Å²) in [7, 11) is 0. The van der Waals surface area contributed by atoms with Crippen molar-refractivity contribution in [3.8, 4) is 0 Å². The number of hydrogen-bond donors (Lipinski definition) is 4. The third-order valence-electron chi connectivity index (χ3n) is 6.11. The van der Waals surface area contributed by atoms with Gasteiger partial charge in [0.1, 0.15) is 5.82 Å². The van der Waals surface area contributed by atoms with Gasteiger partial charge in [-0.1, -0.05) is 6.07 Å². The first-order valence-electron chi connectivity index (χ1n) is 9.88. The molecule has 27 heavy (non-hydrogen) atoms. The summed E-state index contributed by atoms with van der Waals surface area (Å²) in [6, 6.07) is 7.69. The van der Waals surface area contributed by atoms with E-state index >= 15 is 0 Å². The monoisotopic (exact) mass is 385 g/mol. The van der Waals surface area contributed by atoms with E-state index in [0.29, 0.717) is 18.0 Å². The molecule has 7 nitrogen and oxygen atoms in total. The van der Waals surface area contributed by atoms with Crippen LogP contribution >= 0.6 is 11.3 Å². The van der Waals surface area contributed by atoms with Crippen LogP contribution < -0.4 is 26.8 Å². The van der Waals surface area contributed by atoms with E-state index in [1.165, 1.54) is 4.88 Å². The molecule has 0 aliphatic carbocycles. The van der Waals surface area contributed by atoms with Crippen molar-refractivity contribution in [2.45, 2.75) is 43.4 Å². The predicted octanol–water partition coefficient (Wildman–Crippen LogP) is 1.33. The number of nitrogens with zero attached hydrogens (tertiary/aromatic N) is 3. The molecule has 0 saturated carbocycles. The number of aromatic nitrogens is 2. The van der Waals surface area contributed by atoms with Gasteiger partial charge >= 0.3 is 0 Å². The Kier molecular flexibility index (Phi) is 4.83. The van der Waals surface area contributed by atoms with Gasteiger partial charge in [-0.05, 0) is 31.4 Å². The summed E-state index contributed by atoms with van der Waals surface area (Å²) in [6.07, 6.45) is 5.33. The Balaban J connectivity index is 1.35. The molecule has 8 heteroatoms. The molecule has 0 amide bonds. The van der Waals surface area contributed by atoms with E-state index in [1.54, 1.807) is 11.3 Å². The minimum atomic E-state index is 0.228. The van der Waals surface area contributed by atoms with Gasteiger partial charge in [0, 0.05) is 54.8 Å². The molecule has 0 bridgehead atoms. The third kappa shape index (κ3) is 3.48. The Hall–Kier alpha value is -1.58. The number of piperidine rings is 2. The van der Waals surface area contributed by atoms with Gasteiger partial charge in [-0.15, -0.1) is 11.3 Å². The molecule has 0 spiro atoms. The first-order valence-corrected chi connectivity index (χ1v) is 10.8. The maximum Gasteiger partial charge on any atom is 0.128 e. The van der Waals surface area contributed by atoms with Crippen LogP contribution in [0.2, 0.25) is 0 Å². The predicted molar refractivity (Wildman–Crippen MR) is 107 cm³/mol. The number of nitrogens with two attached hydrogens (primary N) is 1. The number of hydrazine groups is 1. The summed E-state index contributed by atoms with van der Waals surface area (Å²) >= 11 is 1.73. The van der Waals surface area contributed by atoms with Crippen LogP contribution in [0.25, 0.3) is 0 Å². The van der Waals surface area contributed by atoms with Crippen LogP contribution in [0.4, 0.5) is 5.82 Å². The van der Waals surface area contributed by atoms with E-state index in [0.717, 1.165) is 50.4 Å². The van der Waals surface area contributed by atoms with Crippen molar-refractivity contribution >= 4 is 17.2 Å². The minimum absolute atomic E-state index is 0.228. The minimum Gasteiger partial charge on any atom is -0.355 e. The van der Waals surface area contributed by atoms with E-state index < -0.39 is 0 Å². The fourth-order valence-electron chi connectivity index (χ4n) is 4.69. The number of hydrogen-bond acceptors (Lipinski definition) is 8. The standard InChI is InChI=1S/C19H27N7S/c20-12-3-2-6-26(10-12)18-5-1-4-14(23-18)19-13-7-15(17-9-21-11-27-17)22-8-16(13)24-25-19/h1,4-5,9,11-13,15-16,19,22,24-25H,2-3,6-8,10,20H2/t12-,13?,15?,16?,19?/m1/s1. The van der Waals surface area contributed by atoms with Gasteiger partial charge in [0.2, 0.25) is 0 Å². The highest BCUT2D eigenvalue weighted by molar-refractivity contribution is 7.09. The van der Waals surface area contributed by atoms with Gasteiger partial charge in [0.05, 0.1) is 17.2 Å². The molecular weight excluding hydrogens is 358 g/mol. The average Bonchev–Trinajstić information content (AvgIpc) is 3.37. The van der Waals surface area contributed by atoms with Crippen molar-refractivity contribution in [2.75, 3.05) is 24.5 Å². The molecule has 4 unspecified atom stereocenters. The van der Waals surface area contributed by atoms with Gasteiger partial charge < -0.3 is 16.0 Å². The molecule has 5 N–H and O–H groups in total. The van der Waals surface area contributed by atoms with Crippen LogP contribution in [0, 0.1) is 5.92 Å². The zero-order valence-electron chi connectivity index (χ0n) is 15.3. The smallest absolute Gasteiger partial charge is 0.128 e. The Morgan fingerprint density at radius 3 is 3.07 bits per heavy atom. The molecule has 2 aromatic heterocycles. The largest absolute Gasteiger partial charge is 0.355 e. The molecule has 0 aromatic carbocycles. The van der Waals surface area contributed by atoms with Crippen molar-refractivity contribution in [3.05, 3.63) is 40.5 Å². The molecular formula is C19H27N7S. The maximum absolute atomic E-state index is 6.17. The highest BCUT2D eigenvalue weighted by atomic mass is 32.1. The second-order valence-corrected chi connectivity index (χ2v) is 8.82. The van der Waals surface area contributed by atoms with Crippen LogP contribution in [0.3, 0.4) is 0 Å². The summed E-state index contributed by atoms with van der Waals surface area (Å²) in [5.74, 6) is 1.56. The molecule has 3 saturated heterocycles. The Morgan fingerprint density at radius 2 is 2.22 bits per heavy atom. The van der Waals surface area contributed by atoms with Gasteiger partial charge in [-0.3, -0.25) is 10.4 Å². The molecule has 3 aliphatic rings. The number of thiazole rings is 1. The summed E-state index contributed by atoms with van der Waals surface area (Å²) in [5, 5.41) is 3.66. The van der Waals surface area contributed by atoms with Crippen molar-refractivity contribution < 1.29 is 0 Å². The van der Waals surface area contributed by atoms with Crippen LogP contribution in [0.15, 0.2) is 29.9 Å². The number of fused-ring (bicyclic) bond motifs is 1. The summed E-state index contributed by atoms with van der Waals surface area (Å²) in [6.45, 7) is 2.90. The van der Waals surface area contributed by atoms with E-state index in [4.69, 9.17) is 10.7 Å². The maximum atomic E-state index is 6.17. The second-order valence-electron chi connectivity index (χ2n) is 7.91. The van der Waals surface area contributed by atoms with Crippen molar-refractivity contribution in [1.82, 2.24) is 26.1 Å². The van der Waals surface area contributed by atoms with Crippen molar-refractivity contribution in [3.63, 3.8) is 0 Å². The summed E-state index contributed by atoms with van der Waals surface area (Å²) in [5.41, 5.74) is 16.2. The molecule has 3 aliphatic heterocycles. The number of anilines is 1. The normalized spacial score (nSPS) is 33.8. The number of pyridine rings is 1. The fraction of sp³-hybridized carbons (Fsp3) is 0.579. The molecule has 144 valence electrons. The van der Waals surface area contributed by atoms with Gasteiger partial charge in [-0.25, -0.2) is 10.4 Å². The van der Waals surface area contributed by atoms with E-state index in [-0.39, 0.29) is 12.1 Å². The third-order valence-corrected chi connectivity index (χ3v) is 7.00. The first kappa shape index (κ1) is 17.5. The number of rotatable bonds is 3. The fourth-order valence-corrected chi connectivity index (χ4v) is 5.39. The quantitative estimate of drug-likeness (QED) is 0.634. The molecule has 5 heterocycles. The topological polar surface area (TPSA) is 91.1 Å². The zero-order chi connectivity index (χ0) is 18.2. The lowest BCUT2D eigenvalue weighted by atomic mass is 9.83. The molecule has 0 radical (unpaired) electrons. The Morgan fingerprint density at radius 1 is 1.26 bits per heavy atom. The highest BCUT2D eigenvalue weighted by Crippen LogP contribution is 2.39. The van der Waals surface area contributed by atoms with Gasteiger partial charge in [0.15, 0.2) is 0 Å². The Labute approximate surface area is 163 Å². The SMILES string of the molecule is N[C@@H]1CCCN(c2cccc(C3NNC4CNC(c5cncs5)CC43)n2)C1. The lowest BCUT2D eigenvalue weighted by molar-refractivity contribution is 0.267. The van der Waals surface area contributed by atoms with Crippen molar-refractivity contribution in [2.24, 2.45) is 11.7 Å². The summed E-state index contributed by atoms with van der Waals surface area (Å²) < 4.78 is 0. The highest BCUT2D eigenvalue weighted by Gasteiger charge is 2.42. The van der Waals surface area contributed by atoms with E-state index in [9.17, 15) is 0 Å². The Bertz CT molecular complexity index is 767. The average molecular weight is 386 g/mol. The second kappa shape index (κ2) is 7.44. The van der Waals surface area contributed by atoms with Crippen LogP contribution in [-0.2, 0) is 0 Å². The lowest BCUT2D eigenvalue weighted by Crippen LogP contribution is -2.46. The summed E-state index contributed by atoms with van der Waals surface area (Å²) in [4.78, 5) is 12.9. The van der Waals surface area contributed by atoms with Crippen LogP contribution in [0.5, 0.6) is 0 Å². The van der Waals surface area contributed by atoms with E-state index in [2.05, 4.69) is 44.3 Å². The zero-order valence-corrected chi connectivity index (χ0v) is 16.2. The molecule has 2 aromatic rings. The number of nitrogens with one attached hydrogen (secondary N) is 3. The van der Waals surface area contributed by atoms with Crippen LogP contribution in [-0.4, -0.2) is 41.7 Å². The van der Waals surface area contributed by atoms with Gasteiger partial charge in [-0.2, -0.15) is 0 Å². The van der Waals surface area contributed by atoms with Gasteiger partial charge in [0.25, 0.3) is 0 Å². The first-order chi connectivity index (χ1) is 13.3. The molecule has 5 atom stereocenters. The molecule has 3 fully saturated rings. The van der Waals surface area contributed by atoms with Crippen LogP contribution in [0.1, 0.15) is 41.9 Å². The lowest BCUT2D eigenvalue weighted by Gasteiger charge is -2.34. The van der Waals surface area contributed by atoms with Crippen molar-refractivity contribution in [1.29, 1.82) is 0 Å².